The van der Waals surface area contributed by atoms with E-state index in [2.05, 4.69) is 29.5 Å². The quantitative estimate of drug-likeness (QED) is 0.595. The van der Waals surface area contributed by atoms with Crippen LogP contribution in [0.3, 0.4) is 0 Å². The van der Waals surface area contributed by atoms with E-state index in [1.807, 2.05) is 54.3 Å². The fraction of sp³-hybridized carbons (Fsp3) is 0.261. The van der Waals surface area contributed by atoms with Crippen molar-refractivity contribution in [3.63, 3.8) is 0 Å². The average Bonchev–Trinajstić information content (AvgIpc) is 3.24. The topological polar surface area (TPSA) is 63.4 Å². The van der Waals surface area contributed by atoms with Gasteiger partial charge in [0, 0.05) is 24.9 Å². The van der Waals surface area contributed by atoms with E-state index in [0.29, 0.717) is 30.0 Å². The maximum Gasteiger partial charge on any atom is 0.258 e. The number of benzene rings is 2. The minimum absolute atomic E-state index is 0.177. The fourth-order valence-corrected chi connectivity index (χ4v) is 3.90. The van der Waals surface area contributed by atoms with Gasteiger partial charge in [0.25, 0.3) is 5.89 Å². The Morgan fingerprint density at radius 1 is 1.10 bits per heavy atom. The van der Waals surface area contributed by atoms with Crippen LogP contribution in [0.4, 0.5) is 0 Å². The van der Waals surface area contributed by atoms with Gasteiger partial charge in [-0.25, -0.2) is 0 Å². The Labute approximate surface area is 181 Å². The van der Waals surface area contributed by atoms with Crippen molar-refractivity contribution in [1.82, 2.24) is 20.4 Å². The minimum atomic E-state index is -0.177. The molecule has 0 fully saturated rings. The van der Waals surface area contributed by atoms with Gasteiger partial charge in [-0.05, 0) is 31.6 Å². The molecule has 7 heteroatoms. The van der Waals surface area contributed by atoms with Gasteiger partial charge in [0.1, 0.15) is 0 Å². The third-order valence-electron chi connectivity index (χ3n) is 5.21. The lowest BCUT2D eigenvalue weighted by Crippen LogP contribution is -2.47. The van der Waals surface area contributed by atoms with Gasteiger partial charge in [0.05, 0.1) is 18.2 Å². The van der Waals surface area contributed by atoms with E-state index < -0.39 is 0 Å². The van der Waals surface area contributed by atoms with Crippen molar-refractivity contribution >= 4 is 22.9 Å². The molecule has 0 saturated carbocycles. The molecule has 1 aliphatic rings. The second kappa shape index (κ2) is 8.77. The molecule has 0 radical (unpaired) electrons. The van der Waals surface area contributed by atoms with Gasteiger partial charge in [-0.1, -0.05) is 65.3 Å². The molecule has 2 aromatic carbocycles. The van der Waals surface area contributed by atoms with E-state index in [4.69, 9.17) is 26.5 Å². The Morgan fingerprint density at radius 3 is 2.53 bits per heavy atom. The largest absolute Gasteiger partial charge is 0.383 e. The summed E-state index contributed by atoms with van der Waals surface area (Å²) < 4.78 is 11.0. The van der Waals surface area contributed by atoms with Crippen LogP contribution < -0.4 is 5.32 Å². The number of aryl methyl sites for hydroxylation is 1. The summed E-state index contributed by atoms with van der Waals surface area (Å²) in [4.78, 5) is 6.74. The molecule has 0 bridgehead atoms. The maximum absolute atomic E-state index is 5.74. The Morgan fingerprint density at radius 2 is 1.83 bits per heavy atom. The van der Waals surface area contributed by atoms with Gasteiger partial charge >= 0.3 is 0 Å². The van der Waals surface area contributed by atoms with E-state index in [1.54, 1.807) is 7.11 Å². The molecule has 154 valence electrons. The van der Waals surface area contributed by atoms with Crippen LogP contribution in [0.1, 0.15) is 30.0 Å². The van der Waals surface area contributed by atoms with Crippen molar-refractivity contribution in [2.45, 2.75) is 19.9 Å². The van der Waals surface area contributed by atoms with Crippen molar-refractivity contribution in [3.05, 3.63) is 77.3 Å². The first kappa shape index (κ1) is 20.3. The molecular weight excluding hydrogens is 396 g/mol. The lowest BCUT2D eigenvalue weighted by molar-refractivity contribution is 0.183. The number of hydrogen-bond acceptors (Lipinski definition) is 5. The maximum atomic E-state index is 5.74. The highest BCUT2D eigenvalue weighted by Crippen LogP contribution is 2.37. The van der Waals surface area contributed by atoms with Gasteiger partial charge in [-0.3, -0.25) is 0 Å². The summed E-state index contributed by atoms with van der Waals surface area (Å²) >= 11 is 5.65. The highest BCUT2D eigenvalue weighted by molar-refractivity contribution is 7.80. The summed E-state index contributed by atoms with van der Waals surface area (Å²) in [5.74, 6) is 1.04. The van der Waals surface area contributed by atoms with E-state index >= 15 is 0 Å². The Hall–Kier alpha value is -3.03. The number of allylic oxidation sites excluding steroid dienone is 1. The summed E-state index contributed by atoms with van der Waals surface area (Å²) in [6.45, 7) is 5.28. The van der Waals surface area contributed by atoms with Crippen molar-refractivity contribution < 1.29 is 9.26 Å². The second-order valence-corrected chi connectivity index (χ2v) is 7.61. The number of nitrogens with one attached hydrogen (secondary N) is 1. The standard InChI is InChI=1S/C23H24N4O2S/c1-15-9-11-18(12-10-15)21-25-22(29-26-21)19-16(2)27(13-14-28-3)23(30)24-20(19)17-7-5-4-6-8-17/h4-12,20H,13-14H2,1-3H3,(H,24,30). The molecule has 1 aliphatic heterocycles. The van der Waals surface area contributed by atoms with Crippen LogP contribution in [0.15, 0.2) is 64.8 Å². The Kier molecular flexibility index (Phi) is 5.92. The molecule has 2 heterocycles. The normalized spacial score (nSPS) is 16.7. The van der Waals surface area contributed by atoms with Gasteiger partial charge in [-0.15, -0.1) is 0 Å². The lowest BCUT2D eigenvalue weighted by Gasteiger charge is -2.37. The first-order valence-electron chi connectivity index (χ1n) is 9.82. The van der Waals surface area contributed by atoms with Crippen LogP contribution in [0, 0.1) is 6.92 Å². The molecule has 0 saturated heterocycles. The summed E-state index contributed by atoms with van der Waals surface area (Å²) in [5.41, 5.74) is 5.07. The first-order chi connectivity index (χ1) is 14.6. The third-order valence-corrected chi connectivity index (χ3v) is 5.55. The lowest BCUT2D eigenvalue weighted by atomic mass is 9.95. The monoisotopic (exact) mass is 420 g/mol. The molecule has 1 N–H and O–H groups in total. The van der Waals surface area contributed by atoms with Crippen molar-refractivity contribution in [3.8, 4) is 11.4 Å². The SMILES string of the molecule is COCCN1C(=S)NC(c2ccccc2)C(c2nc(-c3ccc(C)cc3)no2)=C1C. The van der Waals surface area contributed by atoms with Crippen LogP contribution >= 0.6 is 12.2 Å². The van der Waals surface area contributed by atoms with E-state index in [1.165, 1.54) is 5.56 Å². The smallest absolute Gasteiger partial charge is 0.258 e. The third kappa shape index (κ3) is 3.99. The predicted octanol–water partition coefficient (Wildman–Crippen LogP) is 4.35. The summed E-state index contributed by atoms with van der Waals surface area (Å²) in [6, 6.07) is 18.0. The zero-order valence-corrected chi connectivity index (χ0v) is 18.1. The summed E-state index contributed by atoms with van der Waals surface area (Å²) in [6.07, 6.45) is 0. The van der Waals surface area contributed by atoms with E-state index in [0.717, 1.165) is 22.4 Å². The minimum Gasteiger partial charge on any atom is -0.383 e. The van der Waals surface area contributed by atoms with Crippen molar-refractivity contribution in [2.24, 2.45) is 0 Å². The second-order valence-electron chi connectivity index (χ2n) is 7.23. The predicted molar refractivity (Wildman–Crippen MR) is 121 cm³/mol. The zero-order valence-electron chi connectivity index (χ0n) is 17.3. The number of aromatic nitrogens is 2. The van der Waals surface area contributed by atoms with Gasteiger partial charge < -0.3 is 19.5 Å². The Bertz CT molecular complexity index is 1060. The molecule has 0 spiro atoms. The van der Waals surface area contributed by atoms with Gasteiger partial charge in [0.15, 0.2) is 5.11 Å². The number of methoxy groups -OCH3 is 1. The van der Waals surface area contributed by atoms with Crippen LogP contribution in [-0.2, 0) is 4.74 Å². The molecule has 1 unspecified atom stereocenters. The molecule has 0 amide bonds. The highest BCUT2D eigenvalue weighted by atomic mass is 32.1. The van der Waals surface area contributed by atoms with Gasteiger partial charge in [0.2, 0.25) is 5.82 Å². The first-order valence-corrected chi connectivity index (χ1v) is 10.2. The summed E-state index contributed by atoms with van der Waals surface area (Å²) in [5, 5.41) is 8.33. The number of hydrogen-bond donors (Lipinski definition) is 1. The molecule has 6 nitrogen and oxygen atoms in total. The molecule has 1 aromatic heterocycles. The molecule has 30 heavy (non-hydrogen) atoms. The molecule has 1 atom stereocenters. The summed E-state index contributed by atoms with van der Waals surface area (Å²) in [7, 11) is 1.68. The molecule has 0 aliphatic carbocycles. The number of nitrogens with zero attached hydrogens (tertiary/aromatic N) is 3. The molecular formula is C23H24N4O2S. The van der Waals surface area contributed by atoms with Crippen molar-refractivity contribution in [2.75, 3.05) is 20.3 Å². The number of rotatable bonds is 6. The Balaban J connectivity index is 1.78. The van der Waals surface area contributed by atoms with Crippen LogP contribution in [0.2, 0.25) is 0 Å². The molecule has 3 aromatic rings. The van der Waals surface area contributed by atoms with Crippen LogP contribution in [0.25, 0.3) is 17.0 Å². The number of thiocarbonyl (C=S) groups is 1. The van der Waals surface area contributed by atoms with Crippen LogP contribution in [0.5, 0.6) is 0 Å². The average molecular weight is 421 g/mol. The van der Waals surface area contributed by atoms with E-state index in [9.17, 15) is 0 Å². The van der Waals surface area contributed by atoms with E-state index in [-0.39, 0.29) is 6.04 Å². The fourth-order valence-electron chi connectivity index (χ4n) is 3.56. The number of ether oxygens (including phenoxy) is 1. The van der Waals surface area contributed by atoms with Crippen LogP contribution in [-0.4, -0.2) is 40.4 Å². The van der Waals surface area contributed by atoms with Gasteiger partial charge in [-0.2, -0.15) is 4.98 Å². The van der Waals surface area contributed by atoms with Crippen molar-refractivity contribution in [1.29, 1.82) is 0 Å². The highest BCUT2D eigenvalue weighted by Gasteiger charge is 2.33. The molecule has 4 rings (SSSR count). The zero-order chi connectivity index (χ0) is 21.1.